The molecule has 0 atom stereocenters. The number of aromatic nitrogens is 3. The van der Waals surface area contributed by atoms with Crippen molar-refractivity contribution in [2.24, 2.45) is 0 Å². The lowest BCUT2D eigenvalue weighted by Crippen LogP contribution is -2.24. The van der Waals surface area contributed by atoms with Crippen molar-refractivity contribution in [3.8, 4) is 5.75 Å². The number of phenols is 1. The summed E-state index contributed by atoms with van der Waals surface area (Å²) < 4.78 is 7.16. The second-order valence-electron chi connectivity index (χ2n) is 6.83. The Bertz CT molecular complexity index is 881. The molecule has 26 heavy (non-hydrogen) atoms. The molecule has 3 heterocycles. The topological polar surface area (TPSA) is 70.6 Å². The van der Waals surface area contributed by atoms with E-state index in [0.29, 0.717) is 12.3 Å². The zero-order chi connectivity index (χ0) is 18.1. The Labute approximate surface area is 152 Å². The molecule has 1 N–H and O–H groups in total. The first kappa shape index (κ1) is 16.7. The Morgan fingerprint density at radius 2 is 2.08 bits per heavy atom. The molecule has 1 aliphatic rings. The molecule has 136 valence electrons. The lowest BCUT2D eigenvalue weighted by Gasteiger charge is -2.18. The van der Waals surface area contributed by atoms with Gasteiger partial charge in [0.25, 0.3) is 0 Å². The van der Waals surface area contributed by atoms with E-state index in [1.807, 2.05) is 42.9 Å². The highest BCUT2D eigenvalue weighted by atomic mass is 16.5. The Morgan fingerprint density at radius 1 is 1.19 bits per heavy atom. The summed E-state index contributed by atoms with van der Waals surface area (Å²) in [7, 11) is 0. The monoisotopic (exact) mass is 353 g/mol. The van der Waals surface area contributed by atoms with Crippen molar-refractivity contribution in [1.82, 2.24) is 19.8 Å². The van der Waals surface area contributed by atoms with Crippen LogP contribution in [-0.4, -0.2) is 44.7 Å². The fraction of sp³-hybridized carbons (Fsp3) is 0.368. The normalized spacial score (nSPS) is 15.1. The number of phenolic OH excluding ortho intramolecular Hbond substituents is 1. The second-order valence-corrected chi connectivity index (χ2v) is 6.83. The minimum Gasteiger partial charge on any atom is -0.508 e. The lowest BCUT2D eigenvalue weighted by atomic mass is 10.2. The third kappa shape index (κ3) is 3.43. The summed E-state index contributed by atoms with van der Waals surface area (Å²) in [5.74, 6) is 1.16. The van der Waals surface area contributed by atoms with Crippen molar-refractivity contribution in [3.63, 3.8) is 0 Å². The molecule has 0 saturated carbocycles. The maximum Gasteiger partial charge on any atom is 0.138 e. The fourth-order valence-corrected chi connectivity index (χ4v) is 3.39. The van der Waals surface area contributed by atoms with Crippen molar-refractivity contribution in [2.45, 2.75) is 26.9 Å². The number of nitrogens with zero attached hydrogens (tertiary/aromatic N) is 5. The molecule has 2 aromatic heterocycles. The Balaban J connectivity index is 1.39. The molecule has 7 heteroatoms. The first-order valence-corrected chi connectivity index (χ1v) is 8.78. The van der Waals surface area contributed by atoms with Gasteiger partial charge in [-0.2, -0.15) is 5.10 Å². The average Bonchev–Trinajstić information content (AvgIpc) is 3.32. The van der Waals surface area contributed by atoms with E-state index >= 15 is 0 Å². The van der Waals surface area contributed by atoms with Gasteiger partial charge in [0, 0.05) is 31.4 Å². The molecule has 1 saturated heterocycles. The maximum atomic E-state index is 9.61. The number of aryl methyl sites for hydroxylation is 2. The van der Waals surface area contributed by atoms with Crippen LogP contribution in [0.3, 0.4) is 0 Å². The predicted octanol–water partition coefficient (Wildman–Crippen LogP) is 2.52. The highest BCUT2D eigenvalue weighted by Crippen LogP contribution is 2.21. The van der Waals surface area contributed by atoms with E-state index in [0.717, 1.165) is 54.6 Å². The van der Waals surface area contributed by atoms with E-state index in [1.54, 1.807) is 6.07 Å². The van der Waals surface area contributed by atoms with Gasteiger partial charge in [-0.1, -0.05) is 17.3 Å². The van der Waals surface area contributed by atoms with Crippen LogP contribution in [0.2, 0.25) is 0 Å². The SMILES string of the molecule is Cc1noc(C)c1Cn1cc(N2CCN(Cc3cccc(O)c3)C2)cn1. The molecule has 0 radical (unpaired) electrons. The molecular formula is C19H23N5O2. The first-order valence-electron chi connectivity index (χ1n) is 8.78. The minimum absolute atomic E-state index is 0.319. The summed E-state index contributed by atoms with van der Waals surface area (Å²) in [6.07, 6.45) is 3.99. The van der Waals surface area contributed by atoms with E-state index < -0.39 is 0 Å². The van der Waals surface area contributed by atoms with Crippen LogP contribution in [0.25, 0.3) is 0 Å². The molecule has 0 aliphatic carbocycles. The van der Waals surface area contributed by atoms with Gasteiger partial charge < -0.3 is 14.5 Å². The van der Waals surface area contributed by atoms with E-state index in [-0.39, 0.29) is 0 Å². The van der Waals surface area contributed by atoms with Gasteiger partial charge in [0.1, 0.15) is 11.5 Å². The minimum atomic E-state index is 0.319. The summed E-state index contributed by atoms with van der Waals surface area (Å²) in [4.78, 5) is 4.68. The van der Waals surface area contributed by atoms with E-state index in [2.05, 4.69) is 26.3 Å². The first-order chi connectivity index (χ1) is 12.6. The average molecular weight is 353 g/mol. The van der Waals surface area contributed by atoms with Crippen molar-refractivity contribution >= 4 is 5.69 Å². The van der Waals surface area contributed by atoms with Crippen LogP contribution in [-0.2, 0) is 13.1 Å². The standard InChI is InChI=1S/C19H23N5O2/c1-14-19(15(2)26-21-14)12-24-11-17(9-20-24)23-7-6-22(13-23)10-16-4-3-5-18(25)8-16/h3-5,8-9,11,25H,6-7,10,12-13H2,1-2H3. The van der Waals surface area contributed by atoms with Crippen LogP contribution in [0.1, 0.15) is 22.6 Å². The van der Waals surface area contributed by atoms with Crippen molar-refractivity contribution < 1.29 is 9.63 Å². The molecule has 1 aliphatic heterocycles. The molecule has 0 unspecified atom stereocenters. The predicted molar refractivity (Wildman–Crippen MR) is 98.0 cm³/mol. The van der Waals surface area contributed by atoms with Crippen molar-refractivity contribution in [2.75, 3.05) is 24.7 Å². The van der Waals surface area contributed by atoms with E-state index in [9.17, 15) is 5.11 Å². The van der Waals surface area contributed by atoms with Crippen LogP contribution >= 0.6 is 0 Å². The zero-order valence-electron chi connectivity index (χ0n) is 15.1. The van der Waals surface area contributed by atoms with Crippen LogP contribution in [0.5, 0.6) is 5.75 Å². The second kappa shape index (κ2) is 6.84. The fourth-order valence-electron chi connectivity index (χ4n) is 3.39. The number of aromatic hydroxyl groups is 1. The summed E-state index contributed by atoms with van der Waals surface area (Å²) in [6, 6.07) is 7.46. The Hall–Kier alpha value is -2.80. The third-order valence-corrected chi connectivity index (χ3v) is 4.86. The van der Waals surface area contributed by atoms with Gasteiger partial charge in [-0.3, -0.25) is 9.58 Å². The van der Waals surface area contributed by atoms with Crippen LogP contribution in [0, 0.1) is 13.8 Å². The van der Waals surface area contributed by atoms with Gasteiger partial charge in [-0.15, -0.1) is 0 Å². The Morgan fingerprint density at radius 3 is 2.85 bits per heavy atom. The highest BCUT2D eigenvalue weighted by Gasteiger charge is 2.21. The number of anilines is 1. The largest absolute Gasteiger partial charge is 0.508 e. The molecule has 0 bridgehead atoms. The van der Waals surface area contributed by atoms with E-state index in [4.69, 9.17) is 4.52 Å². The van der Waals surface area contributed by atoms with Gasteiger partial charge in [0.15, 0.2) is 0 Å². The zero-order valence-corrected chi connectivity index (χ0v) is 15.1. The summed E-state index contributed by atoms with van der Waals surface area (Å²) in [5.41, 5.74) is 4.25. The van der Waals surface area contributed by atoms with E-state index in [1.165, 1.54) is 0 Å². The summed E-state index contributed by atoms with van der Waals surface area (Å²) >= 11 is 0. The smallest absolute Gasteiger partial charge is 0.138 e. The highest BCUT2D eigenvalue weighted by molar-refractivity contribution is 5.43. The Kier molecular flexibility index (Phi) is 4.38. The molecule has 0 amide bonds. The molecule has 4 rings (SSSR count). The van der Waals surface area contributed by atoms with Crippen LogP contribution in [0.15, 0.2) is 41.2 Å². The molecule has 0 spiro atoms. The van der Waals surface area contributed by atoms with Gasteiger partial charge in [0.2, 0.25) is 0 Å². The van der Waals surface area contributed by atoms with Gasteiger partial charge in [0.05, 0.1) is 30.8 Å². The third-order valence-electron chi connectivity index (χ3n) is 4.86. The number of hydrogen-bond donors (Lipinski definition) is 1. The molecule has 1 aromatic carbocycles. The molecule has 3 aromatic rings. The molecule has 7 nitrogen and oxygen atoms in total. The number of rotatable bonds is 5. The summed E-state index contributed by atoms with van der Waals surface area (Å²) in [5, 5.41) is 18.1. The summed E-state index contributed by atoms with van der Waals surface area (Å²) in [6.45, 7) is 8.20. The van der Waals surface area contributed by atoms with Gasteiger partial charge in [-0.05, 0) is 31.5 Å². The maximum absolute atomic E-state index is 9.61. The molecule has 1 fully saturated rings. The quantitative estimate of drug-likeness (QED) is 0.760. The number of benzene rings is 1. The molecular weight excluding hydrogens is 330 g/mol. The van der Waals surface area contributed by atoms with Crippen molar-refractivity contribution in [3.05, 3.63) is 59.2 Å². The lowest BCUT2D eigenvalue weighted by molar-refractivity contribution is 0.333. The van der Waals surface area contributed by atoms with Gasteiger partial charge in [-0.25, -0.2) is 0 Å². The van der Waals surface area contributed by atoms with Crippen LogP contribution < -0.4 is 4.90 Å². The van der Waals surface area contributed by atoms with Gasteiger partial charge >= 0.3 is 0 Å². The number of hydrogen-bond acceptors (Lipinski definition) is 6. The van der Waals surface area contributed by atoms with Crippen LogP contribution in [0.4, 0.5) is 5.69 Å². The van der Waals surface area contributed by atoms with Crippen molar-refractivity contribution in [1.29, 1.82) is 0 Å².